The summed E-state index contributed by atoms with van der Waals surface area (Å²) >= 11 is 0. The second-order valence-corrected chi connectivity index (χ2v) is 20.4. The molecule has 15 atom stereocenters. The summed E-state index contributed by atoms with van der Waals surface area (Å²) in [5.41, 5.74) is 1.27. The number of methoxy groups -OCH3 is 3. The summed E-state index contributed by atoms with van der Waals surface area (Å²) in [6.45, 7) is 12.7. The van der Waals surface area contributed by atoms with Gasteiger partial charge >= 0.3 is 14.2 Å². The van der Waals surface area contributed by atoms with Crippen molar-refractivity contribution in [3.05, 3.63) is 47.6 Å². The van der Waals surface area contributed by atoms with Crippen molar-refractivity contribution < 1.29 is 98.4 Å². The van der Waals surface area contributed by atoms with E-state index in [1.54, 1.807) is 41.1 Å². The molecule has 398 valence electrons. The van der Waals surface area contributed by atoms with E-state index >= 15 is 0 Å². The van der Waals surface area contributed by atoms with Crippen LogP contribution in [0.15, 0.2) is 47.6 Å². The van der Waals surface area contributed by atoms with Gasteiger partial charge in [-0.3, -0.25) is 23.7 Å². The largest absolute Gasteiger partial charge is 0.460 e. The van der Waals surface area contributed by atoms with Crippen LogP contribution in [0.2, 0.25) is 0 Å². The summed E-state index contributed by atoms with van der Waals surface area (Å²) in [6, 6.07) is -1.14. The normalized spacial score (nSPS) is 38.0. The molecule has 2 bridgehead atoms. The fourth-order valence-electron chi connectivity index (χ4n) is 10.1. The molecule has 5 N–H and O–H groups in total. The smallest absolute Gasteiger partial charge is 0.329 e. The second kappa shape index (κ2) is 30.6. The average Bonchev–Trinajstić information content (AvgIpc) is 3.30. The number of rotatable bonds is 6. The van der Waals surface area contributed by atoms with Gasteiger partial charge in [-0.15, -0.1) is 0 Å². The van der Waals surface area contributed by atoms with Crippen LogP contribution in [-0.2, 0) is 73.3 Å². The third-order valence-electron chi connectivity index (χ3n) is 14.5. The van der Waals surface area contributed by atoms with E-state index in [4.69, 9.17) is 38.0 Å². The first-order valence-electron chi connectivity index (χ1n) is 24.6. The quantitative estimate of drug-likeness (QED) is 0.0948. The zero-order valence-electron chi connectivity index (χ0n) is 42.8. The number of fused-ring (bicyclic) bond motifs is 3. The van der Waals surface area contributed by atoms with Crippen molar-refractivity contribution in [3.8, 4) is 0 Å². The van der Waals surface area contributed by atoms with Crippen LogP contribution < -0.4 is 0 Å². The van der Waals surface area contributed by atoms with Crippen molar-refractivity contribution in [1.82, 2.24) is 4.90 Å². The summed E-state index contributed by atoms with van der Waals surface area (Å²) in [6.07, 6.45) is 11.2. The van der Waals surface area contributed by atoms with E-state index in [0.29, 0.717) is 63.4 Å². The van der Waals surface area contributed by atoms with E-state index in [-0.39, 0.29) is 75.9 Å². The van der Waals surface area contributed by atoms with E-state index < -0.39 is 92.1 Å². The van der Waals surface area contributed by atoms with Crippen molar-refractivity contribution in [2.24, 2.45) is 35.5 Å². The van der Waals surface area contributed by atoms with Gasteiger partial charge < -0.3 is 53.7 Å². The number of esters is 1. The minimum atomic E-state index is -3.13. The van der Waals surface area contributed by atoms with Gasteiger partial charge in [-0.1, -0.05) is 71.1 Å². The van der Waals surface area contributed by atoms with Gasteiger partial charge in [-0.2, -0.15) is 0 Å². The molecule has 1 saturated carbocycles. The summed E-state index contributed by atoms with van der Waals surface area (Å²) in [4.78, 5) is 86.1. The number of cyclic esters (lactones) is 1. The van der Waals surface area contributed by atoms with E-state index in [9.17, 15) is 39.3 Å². The van der Waals surface area contributed by atoms with Crippen LogP contribution >= 0.6 is 8.25 Å². The number of carbonyl (C=O) groups is 5. The Hall–Kier alpha value is -2.53. The Morgan fingerprint density at radius 1 is 0.857 bits per heavy atom. The molecule has 1 aliphatic carbocycles. The molecule has 0 spiro atoms. The van der Waals surface area contributed by atoms with Crippen LogP contribution in [0, 0.1) is 35.5 Å². The Bertz CT molecular complexity index is 1870. The summed E-state index contributed by atoms with van der Waals surface area (Å²) in [7, 11) is 1.39. The molecule has 4 rings (SSSR count). The molecule has 4 aliphatic rings. The zero-order chi connectivity index (χ0) is 51.7. The predicted octanol–water partition coefficient (Wildman–Crippen LogP) is 5.54. The number of nitrogens with zero attached hydrogens (tertiary/aromatic N) is 1. The van der Waals surface area contributed by atoms with Crippen molar-refractivity contribution in [2.45, 2.75) is 180 Å². The first kappa shape index (κ1) is 63.6. The van der Waals surface area contributed by atoms with Gasteiger partial charge in [0, 0.05) is 79.5 Å². The first-order chi connectivity index (χ1) is 32.5. The Morgan fingerprint density at radius 3 is 2.16 bits per heavy atom. The number of allylic oxidation sites excluding steroid dienone is 6. The van der Waals surface area contributed by atoms with Gasteiger partial charge in [0.15, 0.2) is 5.78 Å². The molecular formula is C51H82NO16PW. The number of carbonyl (C=O) groups excluding carboxylic acids is 5. The molecule has 3 aliphatic heterocycles. The fraction of sp³-hybridized carbons (Fsp3) is 0.745. The maximum absolute atomic E-state index is 14.4. The van der Waals surface area contributed by atoms with E-state index in [0.717, 1.165) is 12.0 Å². The van der Waals surface area contributed by atoms with Gasteiger partial charge in [0.25, 0.3) is 11.7 Å². The van der Waals surface area contributed by atoms with Crippen molar-refractivity contribution >= 4 is 37.5 Å². The molecule has 3 fully saturated rings. The molecule has 0 aromatic carbocycles. The molecule has 1 amide bonds. The SMILES string of the molecule is CO[C@H]1C[C@@H]2CC[C@@H](C)[C@@](O)(O2)C(=O)C(=O)N2CCCC[C@H]2C(=O)O[C@H]([C@H](C)C[C@@H]2CCC(O)[C@H](OC)C2)CC(=O)[C@H](C)/C=C(\C)[C@@H](O)[C@@H](OC)C(=O)[C@H](C)C[C@H](C)/C=C/C=C/C=C/1C.O=[PH](O)O.[W]. The zero-order valence-corrected chi connectivity index (χ0v) is 46.8. The molecule has 17 nitrogen and oxygen atoms in total. The predicted molar refractivity (Wildman–Crippen MR) is 259 cm³/mol. The maximum atomic E-state index is 14.4. The minimum absolute atomic E-state index is 0. The number of hydrogen-bond donors (Lipinski definition) is 5. The van der Waals surface area contributed by atoms with Crippen LogP contribution in [0.3, 0.4) is 0 Å². The first-order valence-corrected chi connectivity index (χ1v) is 25.9. The second-order valence-electron chi connectivity index (χ2n) is 19.9. The monoisotopic (exact) mass is 1180 g/mol. The molecule has 0 aromatic rings. The standard InChI is InChI=1S/C51H79NO13.H3O3P.W/c1-30-16-12-11-13-17-31(2)42(61-8)28-38-21-19-36(7)51(60,65-38)48(57)49(58)52-23-15-14-18-39(52)50(59)64-43(33(4)26-37-20-22-40(53)44(27-37)62-9)29-41(54)32(3)25-35(6)46(56)47(63-10)45(55)34(5)24-30;1-4(2)3;/h11-13,16-17,25,30,32-34,36-40,42-44,46-47,53,56,60H,14-15,18-24,26-29H2,1-10H3;4H,(H2,1,2,3);/b13-11+,16-12+,31-17+,35-25+;;/t30-,32-,33-,34-,36-,37+,38+,39+,40?,42+,43+,44-,46-,47+,51-;;/m1../s1. The number of ether oxygens (including phenoxy) is 5. The minimum Gasteiger partial charge on any atom is -0.460 e. The van der Waals surface area contributed by atoms with Crippen molar-refractivity contribution in [1.29, 1.82) is 0 Å². The number of aliphatic hydroxyl groups is 3. The third kappa shape index (κ3) is 18.4. The number of amides is 1. The van der Waals surface area contributed by atoms with Crippen LogP contribution in [0.25, 0.3) is 0 Å². The number of piperidine rings is 1. The van der Waals surface area contributed by atoms with Gasteiger partial charge in [0.05, 0.1) is 24.4 Å². The molecule has 19 heteroatoms. The van der Waals surface area contributed by atoms with Crippen LogP contribution in [-0.4, -0.2) is 142 Å². The number of aliphatic hydroxyl groups excluding tert-OH is 2. The molecule has 1 unspecified atom stereocenters. The number of Topliss-reactive ketones (excluding diaryl/α,β-unsaturated/α-hetero) is 3. The number of hydrogen-bond acceptors (Lipinski definition) is 14. The Labute approximate surface area is 430 Å². The van der Waals surface area contributed by atoms with Crippen molar-refractivity contribution in [3.63, 3.8) is 0 Å². The van der Waals surface area contributed by atoms with Gasteiger partial charge in [0.2, 0.25) is 5.79 Å². The van der Waals surface area contributed by atoms with E-state index in [2.05, 4.69) is 0 Å². The third-order valence-corrected chi connectivity index (χ3v) is 14.5. The Kier molecular flexibility index (Phi) is 27.8. The van der Waals surface area contributed by atoms with Gasteiger partial charge in [0.1, 0.15) is 30.1 Å². The van der Waals surface area contributed by atoms with Crippen molar-refractivity contribution in [2.75, 3.05) is 27.9 Å². The van der Waals surface area contributed by atoms with E-state index in [1.165, 1.54) is 12.0 Å². The molecule has 70 heavy (non-hydrogen) atoms. The topological polar surface area (TPSA) is 253 Å². The van der Waals surface area contributed by atoms with Crippen LogP contribution in [0.1, 0.15) is 126 Å². The molecule has 0 radical (unpaired) electrons. The van der Waals surface area contributed by atoms with Gasteiger partial charge in [-0.05, 0) is 107 Å². The number of ketones is 3. The summed E-state index contributed by atoms with van der Waals surface area (Å²) in [5.74, 6) is -7.96. The van der Waals surface area contributed by atoms with Gasteiger partial charge in [-0.25, -0.2) is 4.79 Å². The molecular weight excluding hydrogens is 1100 g/mol. The molecule has 3 heterocycles. The van der Waals surface area contributed by atoms with E-state index in [1.807, 2.05) is 58.1 Å². The van der Waals surface area contributed by atoms with Crippen LogP contribution in [0.4, 0.5) is 0 Å². The van der Waals surface area contributed by atoms with Crippen LogP contribution in [0.5, 0.6) is 0 Å². The average molecular weight is 1180 g/mol. The molecule has 0 aromatic heterocycles. The Morgan fingerprint density at radius 2 is 1.53 bits per heavy atom. The maximum Gasteiger partial charge on any atom is 0.329 e. The molecule has 2 saturated heterocycles. The summed E-state index contributed by atoms with van der Waals surface area (Å²) in [5, 5.41) is 33.8. The summed E-state index contributed by atoms with van der Waals surface area (Å²) < 4.78 is 38.1. The Balaban J connectivity index is 0.00000323. The fourth-order valence-corrected chi connectivity index (χ4v) is 10.1.